The zero-order chi connectivity index (χ0) is 11.4. The fourth-order valence-electron chi connectivity index (χ4n) is 3.31. The molecule has 2 rings (SSSR count). The van der Waals surface area contributed by atoms with Gasteiger partial charge in [0.05, 0.1) is 6.61 Å². The van der Waals surface area contributed by atoms with Gasteiger partial charge in [-0.3, -0.25) is 0 Å². The van der Waals surface area contributed by atoms with Crippen LogP contribution < -0.4 is 5.73 Å². The smallest absolute Gasteiger partial charge is 0.0507 e. The van der Waals surface area contributed by atoms with Crippen molar-refractivity contribution in [2.45, 2.75) is 38.1 Å². The first-order valence-corrected chi connectivity index (χ1v) is 6.79. The van der Waals surface area contributed by atoms with Crippen LogP contribution in [0.2, 0.25) is 0 Å². The van der Waals surface area contributed by atoms with Crippen LogP contribution in [-0.2, 0) is 4.74 Å². The lowest BCUT2D eigenvalue weighted by atomic mass is 9.83. The Morgan fingerprint density at radius 2 is 2.06 bits per heavy atom. The summed E-state index contributed by atoms with van der Waals surface area (Å²) in [6.07, 6.45) is 6.66. The first kappa shape index (κ1) is 12.3. The third-order valence-corrected chi connectivity index (χ3v) is 4.31. The van der Waals surface area contributed by atoms with E-state index in [1.54, 1.807) is 0 Å². The highest BCUT2D eigenvalue weighted by Crippen LogP contribution is 2.28. The van der Waals surface area contributed by atoms with E-state index in [1.807, 2.05) is 0 Å². The van der Waals surface area contributed by atoms with Crippen molar-refractivity contribution < 1.29 is 4.74 Å². The predicted octanol–water partition coefficient (Wildman–Crippen LogP) is 1.47. The van der Waals surface area contributed by atoms with Gasteiger partial charge in [-0.2, -0.15) is 0 Å². The van der Waals surface area contributed by atoms with Gasteiger partial charge in [0.15, 0.2) is 0 Å². The summed E-state index contributed by atoms with van der Waals surface area (Å²) in [6.45, 7) is 3.98. The fraction of sp³-hybridized carbons (Fsp3) is 1.00. The molecule has 2 aliphatic rings. The Morgan fingerprint density at radius 1 is 1.25 bits per heavy atom. The van der Waals surface area contributed by atoms with Gasteiger partial charge in [-0.25, -0.2) is 0 Å². The van der Waals surface area contributed by atoms with Crippen molar-refractivity contribution in [3.63, 3.8) is 0 Å². The molecule has 3 heteroatoms. The van der Waals surface area contributed by atoms with E-state index in [1.165, 1.54) is 38.6 Å². The van der Waals surface area contributed by atoms with Gasteiger partial charge < -0.3 is 15.4 Å². The molecule has 3 unspecified atom stereocenters. The van der Waals surface area contributed by atoms with Crippen molar-refractivity contribution in [2.75, 3.05) is 33.4 Å². The highest BCUT2D eigenvalue weighted by Gasteiger charge is 2.29. The molecular weight excluding hydrogens is 200 g/mol. The Bertz CT molecular complexity index is 204. The van der Waals surface area contributed by atoms with E-state index in [4.69, 9.17) is 10.5 Å². The summed E-state index contributed by atoms with van der Waals surface area (Å²) in [5.41, 5.74) is 5.89. The van der Waals surface area contributed by atoms with Crippen molar-refractivity contribution in [1.82, 2.24) is 4.90 Å². The summed E-state index contributed by atoms with van der Waals surface area (Å²) in [7, 11) is 2.27. The number of nitrogens with zero attached hydrogens (tertiary/aromatic N) is 1. The van der Waals surface area contributed by atoms with Crippen LogP contribution in [0.3, 0.4) is 0 Å². The highest BCUT2D eigenvalue weighted by atomic mass is 16.5. The molecule has 1 aliphatic carbocycles. The van der Waals surface area contributed by atoms with Crippen molar-refractivity contribution in [2.24, 2.45) is 17.6 Å². The molecule has 3 nitrogen and oxygen atoms in total. The Kier molecular flexibility index (Phi) is 4.62. The van der Waals surface area contributed by atoms with Crippen molar-refractivity contribution in [3.8, 4) is 0 Å². The van der Waals surface area contributed by atoms with E-state index >= 15 is 0 Å². The van der Waals surface area contributed by atoms with Gasteiger partial charge in [0.1, 0.15) is 0 Å². The minimum absolute atomic E-state index is 0.722. The van der Waals surface area contributed by atoms with Gasteiger partial charge in [0.2, 0.25) is 0 Å². The van der Waals surface area contributed by atoms with E-state index in [0.717, 1.165) is 37.6 Å². The minimum atomic E-state index is 0.722. The molecule has 1 saturated heterocycles. The Balaban J connectivity index is 1.83. The summed E-state index contributed by atoms with van der Waals surface area (Å²) in [6, 6.07) is 0.722. The number of nitrogens with two attached hydrogens (primary N) is 1. The molecule has 0 aromatic carbocycles. The molecule has 1 aliphatic heterocycles. The van der Waals surface area contributed by atoms with Crippen molar-refractivity contribution >= 4 is 0 Å². The third kappa shape index (κ3) is 2.96. The predicted molar refractivity (Wildman–Crippen MR) is 66.4 cm³/mol. The zero-order valence-corrected chi connectivity index (χ0v) is 10.5. The lowest BCUT2D eigenvalue weighted by Crippen LogP contribution is -2.44. The minimum Gasteiger partial charge on any atom is -0.381 e. The maximum atomic E-state index is 5.89. The lowest BCUT2D eigenvalue weighted by Gasteiger charge is -2.38. The normalized spacial score (nSPS) is 35.8. The van der Waals surface area contributed by atoms with E-state index in [-0.39, 0.29) is 0 Å². The Labute approximate surface area is 99.3 Å². The summed E-state index contributed by atoms with van der Waals surface area (Å²) >= 11 is 0. The molecule has 0 spiro atoms. The van der Waals surface area contributed by atoms with Crippen LogP contribution in [-0.4, -0.2) is 44.3 Å². The van der Waals surface area contributed by atoms with Crippen LogP contribution >= 0.6 is 0 Å². The number of hydrogen-bond donors (Lipinski definition) is 1. The first-order chi connectivity index (χ1) is 7.81. The second-order valence-corrected chi connectivity index (χ2v) is 5.52. The molecule has 0 amide bonds. The van der Waals surface area contributed by atoms with Crippen LogP contribution in [0.5, 0.6) is 0 Å². The van der Waals surface area contributed by atoms with Gasteiger partial charge in [-0.1, -0.05) is 12.8 Å². The van der Waals surface area contributed by atoms with Gasteiger partial charge in [0, 0.05) is 19.2 Å². The van der Waals surface area contributed by atoms with Crippen LogP contribution in [0.15, 0.2) is 0 Å². The monoisotopic (exact) mass is 226 g/mol. The van der Waals surface area contributed by atoms with Crippen LogP contribution in [0.4, 0.5) is 0 Å². The van der Waals surface area contributed by atoms with Crippen molar-refractivity contribution in [3.05, 3.63) is 0 Å². The number of ether oxygens (including phenoxy) is 1. The molecule has 2 fully saturated rings. The standard InChI is InChI=1S/C13H26N2O/c1-15(9-11-6-7-16-10-11)13-5-3-2-4-12(13)8-14/h11-13H,2-10,14H2,1H3. The molecule has 0 aromatic heterocycles. The Hall–Kier alpha value is -0.120. The highest BCUT2D eigenvalue weighted by molar-refractivity contribution is 4.84. The molecule has 0 radical (unpaired) electrons. The average molecular weight is 226 g/mol. The summed E-state index contributed by atoms with van der Waals surface area (Å²) < 4.78 is 5.45. The van der Waals surface area contributed by atoms with Gasteiger partial charge in [-0.15, -0.1) is 0 Å². The largest absolute Gasteiger partial charge is 0.381 e. The topological polar surface area (TPSA) is 38.5 Å². The molecule has 94 valence electrons. The maximum absolute atomic E-state index is 5.89. The second kappa shape index (κ2) is 5.99. The molecule has 0 bridgehead atoms. The third-order valence-electron chi connectivity index (χ3n) is 4.31. The molecule has 3 atom stereocenters. The van der Waals surface area contributed by atoms with E-state index in [2.05, 4.69) is 11.9 Å². The summed E-state index contributed by atoms with van der Waals surface area (Å²) in [5, 5.41) is 0. The molecule has 1 heterocycles. The quantitative estimate of drug-likeness (QED) is 0.789. The van der Waals surface area contributed by atoms with Gasteiger partial charge >= 0.3 is 0 Å². The van der Waals surface area contributed by atoms with E-state index in [0.29, 0.717) is 0 Å². The second-order valence-electron chi connectivity index (χ2n) is 5.52. The fourth-order valence-corrected chi connectivity index (χ4v) is 3.31. The van der Waals surface area contributed by atoms with Gasteiger partial charge in [0.25, 0.3) is 0 Å². The summed E-state index contributed by atoms with van der Waals surface area (Å²) in [4.78, 5) is 2.55. The van der Waals surface area contributed by atoms with E-state index < -0.39 is 0 Å². The number of hydrogen-bond acceptors (Lipinski definition) is 3. The maximum Gasteiger partial charge on any atom is 0.0507 e. The molecule has 2 N–H and O–H groups in total. The molecular formula is C13H26N2O. The van der Waals surface area contributed by atoms with Gasteiger partial charge in [-0.05, 0) is 44.7 Å². The zero-order valence-electron chi connectivity index (χ0n) is 10.5. The molecule has 1 saturated carbocycles. The van der Waals surface area contributed by atoms with Crippen LogP contribution in [0.25, 0.3) is 0 Å². The first-order valence-electron chi connectivity index (χ1n) is 6.79. The SMILES string of the molecule is CN(CC1CCOC1)C1CCCCC1CN. The van der Waals surface area contributed by atoms with Crippen LogP contribution in [0, 0.1) is 11.8 Å². The lowest BCUT2D eigenvalue weighted by molar-refractivity contribution is 0.109. The number of rotatable bonds is 4. The summed E-state index contributed by atoms with van der Waals surface area (Å²) in [5.74, 6) is 1.48. The van der Waals surface area contributed by atoms with E-state index in [9.17, 15) is 0 Å². The average Bonchev–Trinajstić information content (AvgIpc) is 2.81. The Morgan fingerprint density at radius 3 is 2.75 bits per heavy atom. The molecule has 16 heavy (non-hydrogen) atoms. The molecule has 0 aromatic rings. The van der Waals surface area contributed by atoms with Crippen molar-refractivity contribution in [1.29, 1.82) is 0 Å². The van der Waals surface area contributed by atoms with Crippen LogP contribution in [0.1, 0.15) is 32.1 Å².